The summed E-state index contributed by atoms with van der Waals surface area (Å²) < 4.78 is 60.1. The Labute approximate surface area is 216 Å². The standard InChI is InChI=1S/C25H28F4N6O3/c1-14-9-10-19-20(38-12-16-17(26)6-4-7-18(16)27)8-5-11-34(19)21(15(14)2)22(37)30-25(3,13-36)23-31-33-35(32-23)24(28)29/h4,6-8,10,14,24,36H,5,9,11-13H2,1-3H3,(H,30,37)/t14-,25-/m1/s1. The third-order valence-electron chi connectivity index (χ3n) is 6.72. The first-order chi connectivity index (χ1) is 18.1. The van der Waals surface area contributed by atoms with Crippen LogP contribution in [0.15, 0.2) is 53.1 Å². The van der Waals surface area contributed by atoms with Crippen LogP contribution in [-0.4, -0.2) is 49.3 Å². The van der Waals surface area contributed by atoms with Crippen molar-refractivity contribution in [3.05, 3.63) is 76.1 Å². The van der Waals surface area contributed by atoms with Crippen molar-refractivity contribution in [2.24, 2.45) is 5.92 Å². The molecule has 0 aliphatic carbocycles. The van der Waals surface area contributed by atoms with Crippen LogP contribution in [0.3, 0.4) is 0 Å². The molecule has 0 saturated carbocycles. The molecule has 0 bridgehead atoms. The van der Waals surface area contributed by atoms with Crippen molar-refractivity contribution >= 4 is 5.91 Å². The Balaban J connectivity index is 1.61. The number of fused-ring (bicyclic) bond motifs is 1. The van der Waals surface area contributed by atoms with E-state index in [1.54, 1.807) is 11.0 Å². The van der Waals surface area contributed by atoms with Gasteiger partial charge in [0.2, 0.25) is 5.82 Å². The van der Waals surface area contributed by atoms with Gasteiger partial charge in [0.25, 0.3) is 5.91 Å². The van der Waals surface area contributed by atoms with Gasteiger partial charge in [0, 0.05) is 6.54 Å². The number of halogens is 4. The number of hydrogen-bond donors (Lipinski definition) is 2. The number of amides is 1. The lowest BCUT2D eigenvalue weighted by molar-refractivity contribution is -0.121. The van der Waals surface area contributed by atoms with Gasteiger partial charge in [-0.05, 0) is 61.6 Å². The molecule has 204 valence electrons. The summed E-state index contributed by atoms with van der Waals surface area (Å²) in [6.45, 7) is 1.51. The highest BCUT2D eigenvalue weighted by molar-refractivity contribution is 5.94. The summed E-state index contributed by atoms with van der Waals surface area (Å²) in [5, 5.41) is 23.2. The second-order valence-electron chi connectivity index (χ2n) is 9.41. The first-order valence-corrected chi connectivity index (χ1v) is 12.0. The molecule has 0 radical (unpaired) electrons. The molecule has 0 fully saturated rings. The molecule has 1 aromatic carbocycles. The molecule has 0 saturated heterocycles. The number of carbonyl (C=O) groups excluding carboxylic acids is 1. The number of rotatable bonds is 8. The van der Waals surface area contributed by atoms with Crippen LogP contribution in [0, 0.1) is 17.6 Å². The maximum Gasteiger partial charge on any atom is 0.350 e. The van der Waals surface area contributed by atoms with Crippen LogP contribution >= 0.6 is 0 Å². The lowest BCUT2D eigenvalue weighted by atomic mass is 9.96. The first kappa shape index (κ1) is 27.3. The predicted molar refractivity (Wildman–Crippen MR) is 127 cm³/mol. The summed E-state index contributed by atoms with van der Waals surface area (Å²) in [4.78, 5) is 15.5. The maximum absolute atomic E-state index is 14.1. The highest BCUT2D eigenvalue weighted by Crippen LogP contribution is 2.36. The topological polar surface area (TPSA) is 105 Å². The Morgan fingerprint density at radius 1 is 1.29 bits per heavy atom. The zero-order chi connectivity index (χ0) is 27.6. The number of allylic oxidation sites excluding steroid dienone is 2. The summed E-state index contributed by atoms with van der Waals surface area (Å²) in [5.74, 6) is -2.00. The van der Waals surface area contributed by atoms with Crippen molar-refractivity contribution in [3.63, 3.8) is 0 Å². The minimum Gasteiger partial charge on any atom is -0.487 e. The molecule has 2 aliphatic rings. The average Bonchev–Trinajstić information content (AvgIpc) is 3.35. The van der Waals surface area contributed by atoms with Crippen LogP contribution in [-0.2, 0) is 21.7 Å². The molecule has 3 heterocycles. The highest BCUT2D eigenvalue weighted by Gasteiger charge is 2.38. The Bertz CT molecular complexity index is 1290. The second-order valence-corrected chi connectivity index (χ2v) is 9.41. The van der Waals surface area contributed by atoms with E-state index in [1.807, 2.05) is 19.9 Å². The summed E-state index contributed by atoms with van der Waals surface area (Å²) in [6.07, 6.45) is 4.74. The van der Waals surface area contributed by atoms with Crippen molar-refractivity contribution < 1.29 is 32.2 Å². The summed E-state index contributed by atoms with van der Waals surface area (Å²) in [6, 6.07) is 3.57. The van der Waals surface area contributed by atoms with Gasteiger partial charge in [0.1, 0.15) is 35.2 Å². The van der Waals surface area contributed by atoms with E-state index < -0.39 is 36.2 Å². The van der Waals surface area contributed by atoms with Gasteiger partial charge < -0.3 is 20.1 Å². The van der Waals surface area contributed by atoms with Crippen LogP contribution in [0.25, 0.3) is 0 Å². The van der Waals surface area contributed by atoms with Crippen LogP contribution in [0.4, 0.5) is 17.6 Å². The van der Waals surface area contributed by atoms with Gasteiger partial charge in [-0.3, -0.25) is 4.79 Å². The number of ether oxygens (including phenoxy) is 1. The van der Waals surface area contributed by atoms with Crippen molar-refractivity contribution in [1.29, 1.82) is 0 Å². The largest absolute Gasteiger partial charge is 0.487 e. The number of aromatic nitrogens is 4. The quantitative estimate of drug-likeness (QED) is 0.496. The first-order valence-electron chi connectivity index (χ1n) is 12.0. The van der Waals surface area contributed by atoms with Crippen LogP contribution in [0.5, 0.6) is 0 Å². The lowest BCUT2D eigenvalue weighted by Crippen LogP contribution is -2.50. The number of benzene rings is 1. The molecule has 4 rings (SSSR count). The van der Waals surface area contributed by atoms with E-state index in [0.29, 0.717) is 30.8 Å². The number of alkyl halides is 2. The molecule has 0 unspecified atom stereocenters. The zero-order valence-corrected chi connectivity index (χ0v) is 21.1. The molecule has 2 N–H and O–H groups in total. The van der Waals surface area contributed by atoms with Crippen molar-refractivity contribution in [1.82, 2.24) is 30.4 Å². The van der Waals surface area contributed by atoms with Crippen molar-refractivity contribution in [2.45, 2.75) is 52.3 Å². The zero-order valence-electron chi connectivity index (χ0n) is 21.1. The molecular formula is C25H28F4N6O3. The van der Waals surface area contributed by atoms with Crippen LogP contribution in [0.2, 0.25) is 0 Å². The Morgan fingerprint density at radius 3 is 2.63 bits per heavy atom. The maximum atomic E-state index is 14.1. The average molecular weight is 537 g/mol. The van der Waals surface area contributed by atoms with Crippen LogP contribution < -0.4 is 5.32 Å². The second kappa shape index (κ2) is 10.9. The number of aliphatic hydroxyl groups is 1. The molecule has 2 aliphatic heterocycles. The Morgan fingerprint density at radius 2 is 2.00 bits per heavy atom. The minimum absolute atomic E-state index is 0.0580. The van der Waals surface area contributed by atoms with Crippen molar-refractivity contribution in [3.8, 4) is 0 Å². The predicted octanol–water partition coefficient (Wildman–Crippen LogP) is 3.67. The molecule has 13 heteroatoms. The van der Waals surface area contributed by atoms with Gasteiger partial charge in [-0.2, -0.15) is 8.78 Å². The molecule has 38 heavy (non-hydrogen) atoms. The van der Waals surface area contributed by atoms with Crippen LogP contribution in [0.1, 0.15) is 51.6 Å². The number of aliphatic hydroxyl groups excluding tert-OH is 1. The van der Waals surface area contributed by atoms with Gasteiger partial charge in [-0.15, -0.1) is 10.2 Å². The third kappa shape index (κ3) is 5.28. The number of nitrogens with zero attached hydrogens (tertiary/aromatic N) is 5. The SMILES string of the molecule is CC1=C(C(=O)N[C@](C)(CO)c2nnn(C(F)F)n2)N2CCC=C(OCc3c(F)cccc3F)C2=CC[C@H]1C. The normalized spacial score (nSPS) is 19.4. The minimum atomic E-state index is -3.04. The summed E-state index contributed by atoms with van der Waals surface area (Å²) >= 11 is 0. The van der Waals surface area contributed by atoms with E-state index in [0.717, 1.165) is 17.7 Å². The number of tetrazole rings is 1. The summed E-state index contributed by atoms with van der Waals surface area (Å²) in [5.41, 5.74) is -0.215. The molecule has 9 nitrogen and oxygen atoms in total. The van der Waals surface area contributed by atoms with E-state index in [2.05, 4.69) is 20.7 Å². The molecule has 0 spiro atoms. The molecule has 1 aromatic heterocycles. The van der Waals surface area contributed by atoms with Gasteiger partial charge in [0.15, 0.2) is 0 Å². The van der Waals surface area contributed by atoms with E-state index >= 15 is 0 Å². The van der Waals surface area contributed by atoms with Gasteiger partial charge >= 0.3 is 6.55 Å². The third-order valence-corrected chi connectivity index (χ3v) is 6.72. The number of carbonyl (C=O) groups is 1. The number of hydrogen-bond acceptors (Lipinski definition) is 7. The fraction of sp³-hybridized carbons (Fsp3) is 0.440. The molecule has 1 amide bonds. The van der Waals surface area contributed by atoms with E-state index in [-0.39, 0.29) is 34.4 Å². The Kier molecular flexibility index (Phi) is 7.86. The summed E-state index contributed by atoms with van der Waals surface area (Å²) in [7, 11) is 0. The fourth-order valence-electron chi connectivity index (χ4n) is 4.30. The van der Waals surface area contributed by atoms with Gasteiger partial charge in [-0.25, -0.2) is 8.78 Å². The molecule has 2 aromatic rings. The highest BCUT2D eigenvalue weighted by atomic mass is 19.3. The molecular weight excluding hydrogens is 508 g/mol. The smallest absolute Gasteiger partial charge is 0.350 e. The van der Waals surface area contributed by atoms with E-state index in [9.17, 15) is 27.5 Å². The van der Waals surface area contributed by atoms with Gasteiger partial charge in [-0.1, -0.05) is 23.9 Å². The number of nitrogens with one attached hydrogen (secondary N) is 1. The molecule has 2 atom stereocenters. The van der Waals surface area contributed by atoms with E-state index in [1.165, 1.54) is 13.0 Å². The van der Waals surface area contributed by atoms with E-state index in [4.69, 9.17) is 4.74 Å². The monoisotopic (exact) mass is 536 g/mol. The van der Waals surface area contributed by atoms with Gasteiger partial charge in [0.05, 0.1) is 17.9 Å². The lowest BCUT2D eigenvalue weighted by Gasteiger charge is -2.35. The Hall–Kier alpha value is -3.74. The van der Waals surface area contributed by atoms with Crippen molar-refractivity contribution in [2.75, 3.05) is 13.2 Å². The fourth-order valence-corrected chi connectivity index (χ4v) is 4.30.